The van der Waals surface area contributed by atoms with Crippen molar-refractivity contribution in [1.82, 2.24) is 0 Å². The quantitative estimate of drug-likeness (QED) is 0.485. The van der Waals surface area contributed by atoms with Crippen molar-refractivity contribution in [1.29, 1.82) is 0 Å². The molecule has 0 saturated heterocycles. The molecule has 6 atom stereocenters. The fraction of sp³-hybridized carbons (Fsp3) is 0.913. The van der Waals surface area contributed by atoms with Gasteiger partial charge >= 0.3 is 0 Å². The van der Waals surface area contributed by atoms with E-state index in [-0.39, 0.29) is 0 Å². The molecular formula is C23H38. The Morgan fingerprint density at radius 3 is 2.74 bits per heavy atom. The third-order valence-corrected chi connectivity index (χ3v) is 8.72. The van der Waals surface area contributed by atoms with Gasteiger partial charge in [0, 0.05) is 0 Å². The Morgan fingerprint density at radius 2 is 1.91 bits per heavy atom. The third-order valence-electron chi connectivity index (χ3n) is 8.72. The SMILES string of the molecule is CCCCC1CCC2C3CCC4=C(CCC(C)C4)C3CCC12C. The van der Waals surface area contributed by atoms with E-state index in [9.17, 15) is 0 Å². The molecule has 130 valence electrons. The highest BCUT2D eigenvalue weighted by Gasteiger charge is 2.54. The molecule has 4 aliphatic carbocycles. The van der Waals surface area contributed by atoms with Gasteiger partial charge in [0.15, 0.2) is 0 Å². The van der Waals surface area contributed by atoms with Gasteiger partial charge < -0.3 is 0 Å². The van der Waals surface area contributed by atoms with Crippen LogP contribution in [0.1, 0.15) is 97.8 Å². The van der Waals surface area contributed by atoms with Gasteiger partial charge in [0.2, 0.25) is 0 Å². The van der Waals surface area contributed by atoms with Gasteiger partial charge in [-0.3, -0.25) is 0 Å². The monoisotopic (exact) mass is 314 g/mol. The Labute approximate surface area is 144 Å². The lowest BCUT2D eigenvalue weighted by molar-refractivity contribution is 0.00989. The molecular weight excluding hydrogens is 276 g/mol. The summed E-state index contributed by atoms with van der Waals surface area (Å²) >= 11 is 0. The molecule has 4 rings (SSSR count). The molecule has 0 amide bonds. The predicted octanol–water partition coefficient (Wildman–Crippen LogP) is 7.15. The lowest BCUT2D eigenvalue weighted by Crippen LogP contribution is -2.43. The van der Waals surface area contributed by atoms with Gasteiger partial charge in [-0.05, 0) is 99.2 Å². The normalized spacial score (nSPS) is 46.3. The number of hydrogen-bond acceptors (Lipinski definition) is 0. The minimum absolute atomic E-state index is 0.705. The molecule has 0 radical (unpaired) electrons. The van der Waals surface area contributed by atoms with E-state index in [1.165, 1.54) is 57.8 Å². The van der Waals surface area contributed by atoms with Crippen LogP contribution in [0.15, 0.2) is 11.1 Å². The van der Waals surface area contributed by atoms with E-state index in [1.54, 1.807) is 19.3 Å². The smallest absolute Gasteiger partial charge is 0.0169 e. The van der Waals surface area contributed by atoms with Crippen molar-refractivity contribution in [3.05, 3.63) is 11.1 Å². The van der Waals surface area contributed by atoms with Gasteiger partial charge in [-0.15, -0.1) is 0 Å². The van der Waals surface area contributed by atoms with E-state index in [0.29, 0.717) is 5.41 Å². The molecule has 0 aliphatic heterocycles. The zero-order chi connectivity index (χ0) is 16.0. The number of allylic oxidation sites excluding steroid dienone is 2. The summed E-state index contributed by atoms with van der Waals surface area (Å²) in [5.41, 5.74) is 4.61. The topological polar surface area (TPSA) is 0 Å². The van der Waals surface area contributed by atoms with Crippen LogP contribution in [0.5, 0.6) is 0 Å². The zero-order valence-electron chi connectivity index (χ0n) is 15.9. The molecule has 2 fully saturated rings. The zero-order valence-corrected chi connectivity index (χ0v) is 15.9. The van der Waals surface area contributed by atoms with Crippen LogP contribution in [0.4, 0.5) is 0 Å². The largest absolute Gasteiger partial charge is 0.0704 e. The van der Waals surface area contributed by atoms with Crippen LogP contribution in [-0.4, -0.2) is 0 Å². The van der Waals surface area contributed by atoms with Crippen molar-refractivity contribution in [2.75, 3.05) is 0 Å². The summed E-state index contributed by atoms with van der Waals surface area (Å²) in [5, 5.41) is 0. The van der Waals surface area contributed by atoms with Crippen molar-refractivity contribution in [3.63, 3.8) is 0 Å². The molecule has 0 heteroatoms. The average molecular weight is 315 g/mol. The van der Waals surface area contributed by atoms with Crippen molar-refractivity contribution in [3.8, 4) is 0 Å². The summed E-state index contributed by atoms with van der Waals surface area (Å²) in [4.78, 5) is 0. The lowest BCUT2D eigenvalue weighted by Gasteiger charge is -2.52. The van der Waals surface area contributed by atoms with Gasteiger partial charge in [-0.1, -0.05) is 44.8 Å². The van der Waals surface area contributed by atoms with Crippen molar-refractivity contribution >= 4 is 0 Å². The summed E-state index contributed by atoms with van der Waals surface area (Å²) in [6.45, 7) is 7.54. The summed E-state index contributed by atoms with van der Waals surface area (Å²) in [5.74, 6) is 5.15. The van der Waals surface area contributed by atoms with E-state index >= 15 is 0 Å². The molecule has 0 bridgehead atoms. The van der Waals surface area contributed by atoms with Crippen molar-refractivity contribution in [2.24, 2.45) is 35.0 Å². The summed E-state index contributed by atoms with van der Waals surface area (Å²) in [6, 6.07) is 0. The molecule has 0 aromatic carbocycles. The second-order valence-corrected chi connectivity index (χ2v) is 9.85. The van der Waals surface area contributed by atoms with E-state index < -0.39 is 0 Å². The van der Waals surface area contributed by atoms with Crippen LogP contribution in [0.2, 0.25) is 0 Å². The first-order valence-electron chi connectivity index (χ1n) is 10.8. The van der Waals surface area contributed by atoms with Gasteiger partial charge in [0.25, 0.3) is 0 Å². The Kier molecular flexibility index (Phi) is 4.39. The van der Waals surface area contributed by atoms with Gasteiger partial charge in [0.1, 0.15) is 0 Å². The number of rotatable bonds is 3. The summed E-state index contributed by atoms with van der Waals surface area (Å²) in [6.07, 6.45) is 17.9. The number of unbranched alkanes of at least 4 members (excludes halogenated alkanes) is 1. The van der Waals surface area contributed by atoms with Crippen LogP contribution in [0.3, 0.4) is 0 Å². The van der Waals surface area contributed by atoms with Crippen LogP contribution in [0, 0.1) is 35.0 Å². The Hall–Kier alpha value is -0.260. The minimum Gasteiger partial charge on any atom is -0.0704 e. The molecule has 4 aliphatic rings. The highest BCUT2D eigenvalue weighted by Crippen LogP contribution is 2.64. The Bertz CT molecular complexity index is 472. The standard InChI is InChI=1S/C23H38/c1-4-5-6-18-9-12-22-21-11-8-17-15-16(2)7-10-19(17)20(21)13-14-23(18,22)3/h16,18,20-22H,4-15H2,1-3H3. The molecule has 0 nitrogen and oxygen atoms in total. The molecule has 0 aromatic heterocycles. The van der Waals surface area contributed by atoms with E-state index in [1.807, 2.05) is 11.1 Å². The molecule has 0 spiro atoms. The van der Waals surface area contributed by atoms with Crippen molar-refractivity contribution in [2.45, 2.75) is 97.8 Å². The van der Waals surface area contributed by atoms with E-state index in [2.05, 4.69) is 20.8 Å². The Morgan fingerprint density at radius 1 is 1.04 bits per heavy atom. The van der Waals surface area contributed by atoms with Gasteiger partial charge in [-0.2, -0.15) is 0 Å². The Balaban J connectivity index is 1.54. The minimum atomic E-state index is 0.705. The second-order valence-electron chi connectivity index (χ2n) is 9.85. The predicted molar refractivity (Wildman–Crippen MR) is 99.3 cm³/mol. The van der Waals surface area contributed by atoms with Crippen LogP contribution in [-0.2, 0) is 0 Å². The summed E-state index contributed by atoms with van der Waals surface area (Å²) < 4.78 is 0. The molecule has 0 aromatic rings. The first kappa shape index (κ1) is 16.2. The maximum absolute atomic E-state index is 2.70. The first-order valence-corrected chi connectivity index (χ1v) is 10.8. The highest BCUT2D eigenvalue weighted by molar-refractivity contribution is 5.26. The third kappa shape index (κ3) is 2.63. The second kappa shape index (κ2) is 6.23. The van der Waals surface area contributed by atoms with E-state index in [4.69, 9.17) is 0 Å². The number of hydrogen-bond donors (Lipinski definition) is 0. The van der Waals surface area contributed by atoms with Gasteiger partial charge in [0.05, 0.1) is 0 Å². The highest BCUT2D eigenvalue weighted by atomic mass is 14.6. The molecule has 0 heterocycles. The maximum atomic E-state index is 2.70. The summed E-state index contributed by atoms with van der Waals surface area (Å²) in [7, 11) is 0. The fourth-order valence-corrected chi connectivity index (χ4v) is 7.44. The number of fused-ring (bicyclic) bond motifs is 4. The molecule has 2 saturated carbocycles. The fourth-order valence-electron chi connectivity index (χ4n) is 7.44. The molecule has 23 heavy (non-hydrogen) atoms. The average Bonchev–Trinajstić information content (AvgIpc) is 2.89. The van der Waals surface area contributed by atoms with Crippen LogP contribution < -0.4 is 0 Å². The van der Waals surface area contributed by atoms with Crippen LogP contribution in [0.25, 0.3) is 0 Å². The molecule has 0 N–H and O–H groups in total. The maximum Gasteiger partial charge on any atom is -0.0169 e. The van der Waals surface area contributed by atoms with Crippen molar-refractivity contribution < 1.29 is 0 Å². The first-order chi connectivity index (χ1) is 11.1. The van der Waals surface area contributed by atoms with Crippen LogP contribution >= 0.6 is 0 Å². The lowest BCUT2D eigenvalue weighted by atomic mass is 9.52. The molecule has 6 unspecified atom stereocenters. The van der Waals surface area contributed by atoms with Gasteiger partial charge in [-0.25, -0.2) is 0 Å². The van der Waals surface area contributed by atoms with E-state index in [0.717, 1.165) is 29.6 Å².